The first kappa shape index (κ1) is 30.7. The third-order valence-corrected chi connectivity index (χ3v) is 10.2. The molecule has 0 unspecified atom stereocenters. The number of rotatable bonds is 5. The zero-order chi connectivity index (χ0) is 35.6. The topological polar surface area (TPSA) is 78.7 Å². The van der Waals surface area contributed by atoms with E-state index in [0.29, 0.717) is 17.5 Å². The maximum atomic E-state index is 12.6. The van der Waals surface area contributed by atoms with Crippen LogP contribution in [0.15, 0.2) is 161 Å². The highest BCUT2D eigenvalue weighted by Crippen LogP contribution is 2.40. The van der Waals surface area contributed by atoms with Gasteiger partial charge in [-0.05, 0) is 64.0 Å². The molecule has 0 fully saturated rings. The van der Waals surface area contributed by atoms with Gasteiger partial charge < -0.3 is 4.42 Å². The van der Waals surface area contributed by atoms with E-state index in [9.17, 15) is 4.79 Å². The molecule has 10 aromatic rings. The molecule has 0 amide bonds. The SMILES string of the molecule is Cn1c(=O)n(C)c2cc(-c3cccc(-c4nc(-c5ccccc5)nc(-c5cccc(-c6cccc7oc8c9ccccc9ccc8c67)c5)n4)c3)ccc21. The fraction of sp³-hybridized carbons (Fsp3) is 0.0435. The molecule has 7 nitrogen and oxygen atoms in total. The Balaban J connectivity index is 1.11. The van der Waals surface area contributed by atoms with Crippen molar-refractivity contribution in [1.29, 1.82) is 0 Å². The minimum absolute atomic E-state index is 0.0513. The first-order chi connectivity index (χ1) is 26.0. The number of aromatic nitrogens is 5. The molecule has 0 aliphatic rings. The molecule has 0 saturated carbocycles. The van der Waals surface area contributed by atoms with Crippen molar-refractivity contribution in [3.8, 4) is 56.4 Å². The van der Waals surface area contributed by atoms with Crippen LogP contribution in [-0.4, -0.2) is 24.1 Å². The molecular weight excluding hydrogens is 655 g/mol. The Hall–Kier alpha value is -7.12. The highest BCUT2D eigenvalue weighted by Gasteiger charge is 2.17. The summed E-state index contributed by atoms with van der Waals surface area (Å²) in [4.78, 5) is 27.7. The minimum atomic E-state index is -0.0513. The highest BCUT2D eigenvalue weighted by molar-refractivity contribution is 6.19. The maximum Gasteiger partial charge on any atom is 0.328 e. The average molecular weight is 686 g/mol. The van der Waals surface area contributed by atoms with Crippen LogP contribution in [0.3, 0.4) is 0 Å². The van der Waals surface area contributed by atoms with Gasteiger partial charge in [-0.3, -0.25) is 9.13 Å². The third-order valence-electron chi connectivity index (χ3n) is 10.2. The first-order valence-corrected chi connectivity index (χ1v) is 17.5. The summed E-state index contributed by atoms with van der Waals surface area (Å²) >= 11 is 0. The van der Waals surface area contributed by atoms with E-state index in [2.05, 4.69) is 78.9 Å². The van der Waals surface area contributed by atoms with Crippen LogP contribution in [0.25, 0.3) is 100 Å². The predicted octanol–water partition coefficient (Wildman–Crippen LogP) is 10.4. The van der Waals surface area contributed by atoms with Crippen molar-refractivity contribution < 1.29 is 4.42 Å². The minimum Gasteiger partial charge on any atom is -0.455 e. The van der Waals surface area contributed by atoms with Gasteiger partial charge in [-0.15, -0.1) is 0 Å². The summed E-state index contributed by atoms with van der Waals surface area (Å²) in [6.45, 7) is 0. The normalized spacial score (nSPS) is 11.7. The van der Waals surface area contributed by atoms with E-state index >= 15 is 0 Å². The van der Waals surface area contributed by atoms with Crippen LogP contribution in [0, 0.1) is 0 Å². The zero-order valence-electron chi connectivity index (χ0n) is 29.0. The molecule has 3 heterocycles. The van der Waals surface area contributed by atoms with Crippen molar-refractivity contribution in [3.05, 3.63) is 162 Å². The lowest BCUT2D eigenvalue weighted by molar-refractivity contribution is 0.673. The standard InChI is InChI=1S/C46H31N5O2/c1-50-38-24-22-31(27-39(38)51(2)46(50)52)30-14-8-16-33(25-30)44-47-43(29-12-4-3-5-13-29)48-45(49-44)34-17-9-15-32(26-34)35-19-10-20-40-41(35)37-23-21-28-11-6-7-18-36(28)42(37)53-40/h3-27H,1-2H3. The molecule has 53 heavy (non-hydrogen) atoms. The van der Waals surface area contributed by atoms with Crippen molar-refractivity contribution in [2.45, 2.75) is 0 Å². The molecule has 0 spiro atoms. The molecule has 7 aromatic carbocycles. The number of hydrogen-bond donors (Lipinski definition) is 0. The summed E-state index contributed by atoms with van der Waals surface area (Å²) in [6.07, 6.45) is 0. The lowest BCUT2D eigenvalue weighted by Gasteiger charge is -2.11. The van der Waals surface area contributed by atoms with E-state index in [1.165, 1.54) is 0 Å². The average Bonchev–Trinajstić information content (AvgIpc) is 3.72. The summed E-state index contributed by atoms with van der Waals surface area (Å²) in [7, 11) is 3.60. The number of hydrogen-bond acceptors (Lipinski definition) is 5. The second kappa shape index (κ2) is 12.0. The van der Waals surface area contributed by atoms with Crippen molar-refractivity contribution in [2.24, 2.45) is 14.1 Å². The molecule has 7 heteroatoms. The largest absolute Gasteiger partial charge is 0.455 e. The summed E-state index contributed by atoms with van der Waals surface area (Å²) in [5, 5.41) is 4.42. The molecule has 0 aliphatic heterocycles. The summed E-state index contributed by atoms with van der Waals surface area (Å²) in [6, 6.07) is 51.6. The number of fused-ring (bicyclic) bond motifs is 6. The number of benzene rings is 7. The molecule has 0 radical (unpaired) electrons. The lowest BCUT2D eigenvalue weighted by atomic mass is 9.97. The molecule has 0 saturated heterocycles. The number of furan rings is 1. The predicted molar refractivity (Wildman–Crippen MR) is 214 cm³/mol. The molecule has 3 aromatic heterocycles. The number of nitrogens with zero attached hydrogens (tertiary/aromatic N) is 5. The van der Waals surface area contributed by atoms with Gasteiger partial charge in [0.1, 0.15) is 11.2 Å². The van der Waals surface area contributed by atoms with Crippen LogP contribution in [-0.2, 0) is 14.1 Å². The van der Waals surface area contributed by atoms with Gasteiger partial charge in [-0.1, -0.05) is 115 Å². The van der Waals surface area contributed by atoms with E-state index in [1.54, 1.807) is 23.2 Å². The van der Waals surface area contributed by atoms with E-state index in [4.69, 9.17) is 19.4 Å². The summed E-state index contributed by atoms with van der Waals surface area (Å²) in [5.74, 6) is 1.75. The Labute approximate surface area is 304 Å². The molecule has 252 valence electrons. The second-order valence-electron chi connectivity index (χ2n) is 13.4. The molecule has 0 aliphatic carbocycles. The van der Waals surface area contributed by atoms with Crippen molar-refractivity contribution in [3.63, 3.8) is 0 Å². The Morgan fingerprint density at radius 2 is 1.08 bits per heavy atom. The second-order valence-corrected chi connectivity index (χ2v) is 13.4. The summed E-state index contributed by atoms with van der Waals surface area (Å²) in [5.41, 5.74) is 10.2. The van der Waals surface area contributed by atoms with Crippen LogP contribution < -0.4 is 5.69 Å². The molecule has 0 atom stereocenters. The van der Waals surface area contributed by atoms with E-state index < -0.39 is 0 Å². The van der Waals surface area contributed by atoms with E-state index in [1.807, 2.05) is 72.8 Å². The van der Waals surface area contributed by atoms with Gasteiger partial charge in [0.2, 0.25) is 0 Å². The molecule has 0 bridgehead atoms. The number of aryl methyl sites for hydroxylation is 2. The van der Waals surface area contributed by atoms with Crippen LogP contribution in [0.5, 0.6) is 0 Å². The zero-order valence-corrected chi connectivity index (χ0v) is 29.0. The van der Waals surface area contributed by atoms with Gasteiger partial charge in [0, 0.05) is 46.9 Å². The van der Waals surface area contributed by atoms with Crippen molar-refractivity contribution in [2.75, 3.05) is 0 Å². The van der Waals surface area contributed by atoms with Gasteiger partial charge in [-0.25, -0.2) is 19.7 Å². The van der Waals surface area contributed by atoms with Gasteiger partial charge in [0.15, 0.2) is 17.5 Å². The highest BCUT2D eigenvalue weighted by atomic mass is 16.3. The lowest BCUT2D eigenvalue weighted by Crippen LogP contribution is -2.19. The Kier molecular flexibility index (Phi) is 6.94. The van der Waals surface area contributed by atoms with Gasteiger partial charge in [-0.2, -0.15) is 0 Å². The van der Waals surface area contributed by atoms with Gasteiger partial charge in [0.05, 0.1) is 11.0 Å². The molecular formula is C46H31N5O2. The van der Waals surface area contributed by atoms with Gasteiger partial charge >= 0.3 is 5.69 Å². The van der Waals surface area contributed by atoms with E-state index in [0.717, 1.165) is 82.7 Å². The van der Waals surface area contributed by atoms with Gasteiger partial charge in [0.25, 0.3) is 0 Å². The van der Waals surface area contributed by atoms with Crippen molar-refractivity contribution in [1.82, 2.24) is 24.1 Å². The monoisotopic (exact) mass is 685 g/mol. The van der Waals surface area contributed by atoms with E-state index in [-0.39, 0.29) is 5.69 Å². The summed E-state index contributed by atoms with van der Waals surface area (Å²) < 4.78 is 9.85. The maximum absolute atomic E-state index is 12.6. The number of imidazole rings is 1. The first-order valence-electron chi connectivity index (χ1n) is 17.5. The molecule has 0 N–H and O–H groups in total. The Morgan fingerprint density at radius 1 is 0.472 bits per heavy atom. The Bertz CT molecular complexity index is 3120. The van der Waals surface area contributed by atoms with Crippen LogP contribution in [0.2, 0.25) is 0 Å². The fourth-order valence-electron chi connectivity index (χ4n) is 7.49. The van der Waals surface area contributed by atoms with Crippen LogP contribution in [0.1, 0.15) is 0 Å². The molecule has 10 rings (SSSR count). The van der Waals surface area contributed by atoms with Crippen LogP contribution >= 0.6 is 0 Å². The quantitative estimate of drug-likeness (QED) is 0.180. The smallest absolute Gasteiger partial charge is 0.328 e. The van der Waals surface area contributed by atoms with Crippen molar-refractivity contribution >= 4 is 43.7 Å². The Morgan fingerprint density at radius 3 is 1.87 bits per heavy atom. The third kappa shape index (κ3) is 5.05. The fourth-order valence-corrected chi connectivity index (χ4v) is 7.49. The van der Waals surface area contributed by atoms with Crippen LogP contribution in [0.4, 0.5) is 0 Å².